The summed E-state index contributed by atoms with van der Waals surface area (Å²) in [5, 5.41) is 0. The maximum Gasteiger partial charge on any atom is 0.0250 e. The minimum Gasteiger partial charge on any atom is -0.297 e. The van der Waals surface area contributed by atoms with Gasteiger partial charge in [0.2, 0.25) is 0 Å². The first-order valence-electron chi connectivity index (χ1n) is 5.02. The summed E-state index contributed by atoms with van der Waals surface area (Å²) in [5.41, 5.74) is 0.535. The highest BCUT2D eigenvalue weighted by Crippen LogP contribution is 2.39. The predicted molar refractivity (Wildman–Crippen MR) is 52.1 cm³/mol. The molecule has 2 aliphatic heterocycles. The first-order valence-corrected chi connectivity index (χ1v) is 5.02. The monoisotopic (exact) mass is 165 g/mol. The summed E-state index contributed by atoms with van der Waals surface area (Å²) in [4.78, 5) is 2.59. The molecular formula is C11H19N. The lowest BCUT2D eigenvalue weighted by Gasteiger charge is -2.47. The summed E-state index contributed by atoms with van der Waals surface area (Å²) in [6.45, 7) is 9.66. The van der Waals surface area contributed by atoms with Gasteiger partial charge in [-0.3, -0.25) is 4.90 Å². The Hall–Kier alpha value is -0.300. The van der Waals surface area contributed by atoms with Crippen molar-refractivity contribution < 1.29 is 0 Å². The number of hydrogen-bond acceptors (Lipinski definition) is 1. The third kappa shape index (κ3) is 1.20. The van der Waals surface area contributed by atoms with Crippen molar-refractivity contribution in [2.24, 2.45) is 11.3 Å². The van der Waals surface area contributed by atoms with Gasteiger partial charge in [0.25, 0.3) is 0 Å². The molecule has 0 spiro atoms. The largest absolute Gasteiger partial charge is 0.297 e. The van der Waals surface area contributed by atoms with Crippen molar-refractivity contribution in [2.45, 2.75) is 33.2 Å². The van der Waals surface area contributed by atoms with Gasteiger partial charge in [0, 0.05) is 12.6 Å². The molecule has 0 N–H and O–H groups in total. The molecule has 1 nitrogen and oxygen atoms in total. The molecule has 0 aromatic rings. The van der Waals surface area contributed by atoms with E-state index in [1.807, 2.05) is 0 Å². The molecule has 12 heavy (non-hydrogen) atoms. The van der Waals surface area contributed by atoms with E-state index < -0.39 is 0 Å². The number of piperidine rings is 1. The Morgan fingerprint density at radius 3 is 2.83 bits per heavy atom. The van der Waals surface area contributed by atoms with Gasteiger partial charge in [-0.25, -0.2) is 0 Å². The Morgan fingerprint density at radius 2 is 2.08 bits per heavy atom. The van der Waals surface area contributed by atoms with Gasteiger partial charge in [0.05, 0.1) is 0 Å². The second kappa shape index (κ2) is 2.59. The van der Waals surface area contributed by atoms with E-state index in [1.165, 1.54) is 19.5 Å². The van der Waals surface area contributed by atoms with Crippen molar-refractivity contribution in [3.8, 4) is 0 Å². The topological polar surface area (TPSA) is 3.24 Å². The lowest BCUT2D eigenvalue weighted by atomic mass is 9.71. The molecular weight excluding hydrogens is 146 g/mol. The van der Waals surface area contributed by atoms with Crippen LogP contribution in [-0.4, -0.2) is 24.0 Å². The Morgan fingerprint density at radius 1 is 1.33 bits per heavy atom. The van der Waals surface area contributed by atoms with E-state index in [4.69, 9.17) is 0 Å². The second-order valence-corrected chi connectivity index (χ2v) is 4.97. The Labute approximate surface area is 75.4 Å². The molecule has 1 saturated heterocycles. The third-order valence-corrected chi connectivity index (χ3v) is 3.68. The number of hydrogen-bond donors (Lipinski definition) is 0. The minimum atomic E-state index is 0.535. The molecule has 3 atom stereocenters. The molecule has 2 heterocycles. The van der Waals surface area contributed by atoms with Gasteiger partial charge in [0.15, 0.2) is 0 Å². The maximum absolute atomic E-state index is 2.59. The molecule has 0 aromatic carbocycles. The van der Waals surface area contributed by atoms with Crippen molar-refractivity contribution in [1.82, 2.24) is 4.90 Å². The zero-order valence-electron chi connectivity index (χ0n) is 8.38. The average molecular weight is 165 g/mol. The molecule has 0 aliphatic carbocycles. The number of fused-ring (bicyclic) bond motifs is 2. The van der Waals surface area contributed by atoms with Crippen LogP contribution >= 0.6 is 0 Å². The van der Waals surface area contributed by atoms with Crippen LogP contribution in [0.3, 0.4) is 0 Å². The van der Waals surface area contributed by atoms with E-state index in [2.05, 4.69) is 37.8 Å². The van der Waals surface area contributed by atoms with Gasteiger partial charge < -0.3 is 0 Å². The standard InChI is InChI=1S/C11H19N/c1-9-4-5-10-8-12(9)7-6-11(10,2)3/h4-5,9-10H,6-8H2,1-3H3. The van der Waals surface area contributed by atoms with Crippen molar-refractivity contribution >= 4 is 0 Å². The van der Waals surface area contributed by atoms with Crippen LogP contribution in [-0.2, 0) is 0 Å². The predicted octanol–water partition coefficient (Wildman–Crippen LogP) is 2.29. The number of rotatable bonds is 0. The van der Waals surface area contributed by atoms with Gasteiger partial charge in [0.1, 0.15) is 0 Å². The average Bonchev–Trinajstić information content (AvgIpc) is 2.02. The lowest BCUT2D eigenvalue weighted by molar-refractivity contribution is 0.0624. The summed E-state index contributed by atoms with van der Waals surface area (Å²) in [5.74, 6) is 0.794. The summed E-state index contributed by atoms with van der Waals surface area (Å²) in [7, 11) is 0. The fourth-order valence-electron chi connectivity index (χ4n) is 2.32. The quantitative estimate of drug-likeness (QED) is 0.498. The third-order valence-electron chi connectivity index (χ3n) is 3.68. The Balaban J connectivity index is 2.21. The SMILES string of the molecule is CC1C=CC2CN1CCC2(C)C. The summed E-state index contributed by atoms with van der Waals surface area (Å²) >= 11 is 0. The van der Waals surface area contributed by atoms with E-state index in [1.54, 1.807) is 0 Å². The maximum atomic E-state index is 2.59. The summed E-state index contributed by atoms with van der Waals surface area (Å²) < 4.78 is 0. The van der Waals surface area contributed by atoms with Crippen LogP contribution in [0, 0.1) is 11.3 Å². The van der Waals surface area contributed by atoms with E-state index in [0.717, 1.165) is 5.92 Å². The highest BCUT2D eigenvalue weighted by molar-refractivity contribution is 5.08. The molecule has 1 heteroatoms. The highest BCUT2D eigenvalue weighted by atomic mass is 15.2. The van der Waals surface area contributed by atoms with Crippen molar-refractivity contribution in [1.29, 1.82) is 0 Å². The van der Waals surface area contributed by atoms with Crippen LogP contribution < -0.4 is 0 Å². The highest BCUT2D eigenvalue weighted by Gasteiger charge is 2.36. The van der Waals surface area contributed by atoms with Crippen LogP contribution in [0.5, 0.6) is 0 Å². The van der Waals surface area contributed by atoms with Crippen molar-refractivity contribution in [2.75, 3.05) is 13.1 Å². The zero-order chi connectivity index (χ0) is 8.77. The second-order valence-electron chi connectivity index (χ2n) is 4.97. The van der Waals surface area contributed by atoms with Crippen molar-refractivity contribution in [3.05, 3.63) is 12.2 Å². The zero-order valence-corrected chi connectivity index (χ0v) is 8.38. The van der Waals surface area contributed by atoms with E-state index >= 15 is 0 Å². The van der Waals surface area contributed by atoms with Crippen molar-refractivity contribution in [3.63, 3.8) is 0 Å². The normalized spacial score (nSPS) is 44.4. The van der Waals surface area contributed by atoms with Gasteiger partial charge >= 0.3 is 0 Å². The smallest absolute Gasteiger partial charge is 0.0250 e. The lowest BCUT2D eigenvalue weighted by Crippen LogP contribution is -2.49. The van der Waals surface area contributed by atoms with E-state index in [-0.39, 0.29) is 0 Å². The van der Waals surface area contributed by atoms with Gasteiger partial charge in [-0.05, 0) is 31.2 Å². The summed E-state index contributed by atoms with van der Waals surface area (Å²) in [6, 6.07) is 0.678. The van der Waals surface area contributed by atoms with Gasteiger partial charge in [-0.1, -0.05) is 26.0 Å². The minimum absolute atomic E-state index is 0.535. The molecule has 0 aromatic heterocycles. The Kier molecular flexibility index (Phi) is 1.80. The molecule has 2 rings (SSSR count). The van der Waals surface area contributed by atoms with Crippen LogP contribution in [0.2, 0.25) is 0 Å². The summed E-state index contributed by atoms with van der Waals surface area (Å²) in [6.07, 6.45) is 6.15. The molecule has 0 radical (unpaired) electrons. The molecule has 2 bridgehead atoms. The fraction of sp³-hybridized carbons (Fsp3) is 0.818. The molecule has 0 saturated carbocycles. The fourth-order valence-corrected chi connectivity index (χ4v) is 2.32. The van der Waals surface area contributed by atoms with Gasteiger partial charge in [-0.15, -0.1) is 0 Å². The first-order chi connectivity index (χ1) is 5.59. The molecule has 68 valence electrons. The van der Waals surface area contributed by atoms with E-state index in [9.17, 15) is 0 Å². The van der Waals surface area contributed by atoms with Gasteiger partial charge in [-0.2, -0.15) is 0 Å². The molecule has 3 unspecified atom stereocenters. The van der Waals surface area contributed by atoms with Crippen LogP contribution in [0.4, 0.5) is 0 Å². The molecule has 1 fully saturated rings. The molecule has 2 aliphatic rings. The molecule has 0 amide bonds. The Bertz CT molecular complexity index is 205. The van der Waals surface area contributed by atoms with Crippen LogP contribution in [0.25, 0.3) is 0 Å². The number of nitrogens with zero attached hydrogens (tertiary/aromatic N) is 1. The van der Waals surface area contributed by atoms with Crippen LogP contribution in [0.1, 0.15) is 27.2 Å². The van der Waals surface area contributed by atoms with E-state index in [0.29, 0.717) is 11.5 Å². The first kappa shape index (κ1) is 8.31. The van der Waals surface area contributed by atoms with Crippen LogP contribution in [0.15, 0.2) is 12.2 Å².